The van der Waals surface area contributed by atoms with Gasteiger partial charge in [-0.1, -0.05) is 6.07 Å². The lowest BCUT2D eigenvalue weighted by molar-refractivity contribution is -0.148. The van der Waals surface area contributed by atoms with Crippen molar-refractivity contribution in [3.8, 4) is 5.75 Å². The van der Waals surface area contributed by atoms with Crippen LogP contribution in [0.4, 0.5) is 13.2 Å². The summed E-state index contributed by atoms with van der Waals surface area (Å²) in [5, 5.41) is 2.46. The summed E-state index contributed by atoms with van der Waals surface area (Å²) in [6.07, 6.45) is -5.57. The van der Waals surface area contributed by atoms with Crippen LogP contribution in [0.1, 0.15) is 25.0 Å². The molecular weight excluding hydrogens is 327 g/mol. The fourth-order valence-corrected chi connectivity index (χ4v) is 2.25. The number of rotatable bonds is 5. The second-order valence-corrected chi connectivity index (χ2v) is 5.64. The van der Waals surface area contributed by atoms with Crippen LogP contribution in [0, 0.1) is 0 Å². The molecule has 0 spiro atoms. The van der Waals surface area contributed by atoms with E-state index >= 15 is 0 Å². The summed E-state index contributed by atoms with van der Waals surface area (Å²) in [6, 6.07) is 3.71. The van der Waals surface area contributed by atoms with Crippen LogP contribution in [0.5, 0.6) is 5.75 Å². The van der Waals surface area contributed by atoms with E-state index in [0.717, 1.165) is 6.07 Å². The maximum Gasteiger partial charge on any atom is 0.416 e. The van der Waals surface area contributed by atoms with Crippen molar-refractivity contribution in [2.45, 2.75) is 38.8 Å². The molecule has 0 aliphatic carbocycles. The van der Waals surface area contributed by atoms with Crippen molar-refractivity contribution in [3.05, 3.63) is 29.3 Å². The van der Waals surface area contributed by atoms with Crippen molar-refractivity contribution in [2.24, 2.45) is 0 Å². The monoisotopic (exact) mass is 347 g/mol. The third kappa shape index (κ3) is 5.10. The zero-order valence-corrected chi connectivity index (χ0v) is 13.5. The third-order valence-electron chi connectivity index (χ3n) is 3.32. The molecule has 1 heterocycles. The van der Waals surface area contributed by atoms with Crippen LogP contribution in [0.25, 0.3) is 0 Å². The highest BCUT2D eigenvalue weighted by molar-refractivity contribution is 5.81. The maximum atomic E-state index is 13.2. The summed E-state index contributed by atoms with van der Waals surface area (Å²) in [6.45, 7) is 3.99. The average Bonchev–Trinajstić information content (AvgIpc) is 2.52. The highest BCUT2D eigenvalue weighted by Gasteiger charge is 2.34. The molecule has 0 unspecified atom stereocenters. The molecule has 1 aliphatic heterocycles. The molecule has 1 aromatic rings. The van der Waals surface area contributed by atoms with E-state index in [1.54, 1.807) is 13.8 Å². The van der Waals surface area contributed by atoms with Gasteiger partial charge in [0.2, 0.25) is 0 Å². The van der Waals surface area contributed by atoms with Gasteiger partial charge >= 0.3 is 6.18 Å². The van der Waals surface area contributed by atoms with Crippen molar-refractivity contribution in [1.29, 1.82) is 0 Å². The van der Waals surface area contributed by atoms with E-state index in [1.165, 1.54) is 12.1 Å². The Morgan fingerprint density at radius 3 is 2.71 bits per heavy atom. The van der Waals surface area contributed by atoms with E-state index in [9.17, 15) is 18.0 Å². The van der Waals surface area contributed by atoms with Crippen LogP contribution in [0.15, 0.2) is 18.2 Å². The largest absolute Gasteiger partial charge is 0.491 e. The zero-order valence-electron chi connectivity index (χ0n) is 13.5. The molecule has 0 saturated carbocycles. The summed E-state index contributed by atoms with van der Waals surface area (Å²) < 4.78 is 55.3. The lowest BCUT2D eigenvalue weighted by Gasteiger charge is -2.22. The Morgan fingerprint density at radius 1 is 1.38 bits per heavy atom. The minimum Gasteiger partial charge on any atom is -0.491 e. The first-order chi connectivity index (χ1) is 11.3. The van der Waals surface area contributed by atoms with Gasteiger partial charge in [0, 0.05) is 6.54 Å². The Hall–Kier alpha value is -1.80. The zero-order chi connectivity index (χ0) is 17.7. The third-order valence-corrected chi connectivity index (χ3v) is 3.32. The number of benzene rings is 1. The first-order valence-electron chi connectivity index (χ1n) is 7.61. The fraction of sp³-hybridized carbons (Fsp3) is 0.562. The molecule has 1 atom stereocenters. The van der Waals surface area contributed by atoms with E-state index in [4.69, 9.17) is 14.2 Å². The van der Waals surface area contributed by atoms with Gasteiger partial charge in [0.15, 0.2) is 6.10 Å². The molecule has 0 bridgehead atoms. The van der Waals surface area contributed by atoms with Crippen molar-refractivity contribution in [1.82, 2.24) is 5.32 Å². The maximum absolute atomic E-state index is 13.2. The van der Waals surface area contributed by atoms with Gasteiger partial charge in [-0.2, -0.15) is 13.2 Å². The number of hydrogen-bond acceptors (Lipinski definition) is 4. The number of ether oxygens (including phenoxy) is 3. The number of alkyl halides is 3. The summed E-state index contributed by atoms with van der Waals surface area (Å²) in [5.74, 6) is -0.359. The highest BCUT2D eigenvalue weighted by Crippen LogP contribution is 2.34. The topological polar surface area (TPSA) is 56.8 Å². The Balaban J connectivity index is 2.09. The van der Waals surface area contributed by atoms with Gasteiger partial charge in [0.25, 0.3) is 5.91 Å². The van der Waals surface area contributed by atoms with Gasteiger partial charge in [0.1, 0.15) is 5.75 Å². The van der Waals surface area contributed by atoms with Crippen molar-refractivity contribution >= 4 is 5.91 Å². The lowest BCUT2D eigenvalue weighted by Crippen LogP contribution is -2.42. The second-order valence-electron chi connectivity index (χ2n) is 5.64. The van der Waals surface area contributed by atoms with Crippen molar-refractivity contribution < 1.29 is 32.2 Å². The molecule has 24 heavy (non-hydrogen) atoms. The van der Waals surface area contributed by atoms with Crippen molar-refractivity contribution in [2.75, 3.05) is 19.8 Å². The summed E-state index contributed by atoms with van der Waals surface area (Å²) in [5.41, 5.74) is -0.870. The van der Waals surface area contributed by atoms with E-state index in [2.05, 4.69) is 5.32 Å². The molecule has 1 fully saturated rings. The molecule has 2 rings (SSSR count). The molecule has 0 aromatic heterocycles. The number of hydrogen-bond donors (Lipinski definition) is 1. The normalized spacial score (nSPS) is 18.5. The van der Waals surface area contributed by atoms with Gasteiger partial charge in [0.05, 0.1) is 31.5 Å². The molecular formula is C16H20F3NO4. The summed E-state index contributed by atoms with van der Waals surface area (Å²) >= 11 is 0. The fourth-order valence-electron chi connectivity index (χ4n) is 2.25. The van der Waals surface area contributed by atoms with Crippen LogP contribution in [0.2, 0.25) is 0 Å². The Kier molecular flexibility index (Phi) is 6.06. The van der Waals surface area contributed by atoms with Crippen molar-refractivity contribution in [3.63, 3.8) is 0 Å². The number of carbonyl (C=O) groups excluding carboxylic acids is 1. The molecule has 0 radical (unpaired) electrons. The molecule has 8 heteroatoms. The second kappa shape index (κ2) is 7.85. The molecule has 1 aliphatic rings. The number of halogens is 3. The quantitative estimate of drug-likeness (QED) is 0.889. The molecule has 134 valence electrons. The molecule has 1 N–H and O–H groups in total. The predicted molar refractivity (Wildman–Crippen MR) is 79.6 cm³/mol. The smallest absolute Gasteiger partial charge is 0.416 e. The van der Waals surface area contributed by atoms with Crippen LogP contribution in [-0.2, 0) is 27.0 Å². The van der Waals surface area contributed by atoms with Crippen LogP contribution in [-0.4, -0.2) is 37.9 Å². The molecule has 1 aromatic carbocycles. The van der Waals surface area contributed by atoms with Gasteiger partial charge in [-0.15, -0.1) is 0 Å². The van der Waals surface area contributed by atoms with Crippen LogP contribution >= 0.6 is 0 Å². The molecule has 5 nitrogen and oxygen atoms in total. The van der Waals surface area contributed by atoms with Crippen LogP contribution in [0.3, 0.4) is 0 Å². The summed E-state index contributed by atoms with van der Waals surface area (Å²) in [4.78, 5) is 11.9. The summed E-state index contributed by atoms with van der Waals surface area (Å²) in [7, 11) is 0. The Labute approximate surface area is 138 Å². The first-order valence-corrected chi connectivity index (χ1v) is 7.61. The van der Waals surface area contributed by atoms with E-state index in [-0.39, 0.29) is 37.2 Å². The Morgan fingerprint density at radius 2 is 2.12 bits per heavy atom. The minimum absolute atomic E-state index is 0.0383. The average molecular weight is 347 g/mol. The molecule has 1 amide bonds. The lowest BCUT2D eigenvalue weighted by atomic mass is 10.1. The first kappa shape index (κ1) is 18.5. The number of carbonyl (C=O) groups is 1. The number of amides is 1. The van der Waals surface area contributed by atoms with Gasteiger partial charge < -0.3 is 19.5 Å². The number of nitrogens with one attached hydrogen (secondary N) is 1. The predicted octanol–water partition coefficient (Wildman–Crippen LogP) is 2.52. The standard InChI is InChI=1S/C16H20F3NO4/c1-10(2)24-12-4-3-11(13(7-12)16(17,18)19)8-20-15(21)14-9-22-5-6-23-14/h3-4,7,10,14H,5-6,8-9H2,1-2H3,(H,20,21)/t14-/m1/s1. The van der Waals surface area contributed by atoms with E-state index in [0.29, 0.717) is 6.61 Å². The van der Waals surface area contributed by atoms with E-state index in [1.807, 2.05) is 0 Å². The Bertz CT molecular complexity index is 569. The van der Waals surface area contributed by atoms with Crippen LogP contribution < -0.4 is 10.1 Å². The van der Waals surface area contributed by atoms with E-state index < -0.39 is 23.8 Å². The van der Waals surface area contributed by atoms with Gasteiger partial charge in [-0.3, -0.25) is 4.79 Å². The highest BCUT2D eigenvalue weighted by atomic mass is 19.4. The van der Waals surface area contributed by atoms with Gasteiger partial charge in [-0.05, 0) is 31.5 Å². The minimum atomic E-state index is -4.54. The van der Waals surface area contributed by atoms with Gasteiger partial charge in [-0.25, -0.2) is 0 Å². The molecule has 1 saturated heterocycles. The SMILES string of the molecule is CC(C)Oc1ccc(CNC(=O)[C@H]2COCCO2)c(C(F)(F)F)c1.